The number of aryl methyl sites for hydroxylation is 3. The SMILES string of the molecule is CCc1ccc(CC(C)(N)c2ccc(C)c(C)c2)s1. The van der Waals surface area contributed by atoms with Crippen molar-refractivity contribution in [2.75, 3.05) is 0 Å². The van der Waals surface area contributed by atoms with Gasteiger partial charge in [-0.1, -0.05) is 25.1 Å². The van der Waals surface area contributed by atoms with Gasteiger partial charge >= 0.3 is 0 Å². The molecule has 1 aromatic heterocycles. The maximum absolute atomic E-state index is 6.55. The zero-order chi connectivity index (χ0) is 14.0. The van der Waals surface area contributed by atoms with Crippen LogP contribution in [0.2, 0.25) is 0 Å². The molecule has 1 nitrogen and oxygen atoms in total. The van der Waals surface area contributed by atoms with Crippen LogP contribution < -0.4 is 5.73 Å². The Morgan fingerprint density at radius 1 is 1.05 bits per heavy atom. The van der Waals surface area contributed by atoms with Crippen LogP contribution in [0.25, 0.3) is 0 Å². The Hall–Kier alpha value is -1.12. The Morgan fingerprint density at radius 2 is 1.74 bits per heavy atom. The van der Waals surface area contributed by atoms with E-state index in [-0.39, 0.29) is 5.54 Å². The fourth-order valence-corrected chi connectivity index (χ4v) is 3.39. The summed E-state index contributed by atoms with van der Waals surface area (Å²) in [6.07, 6.45) is 2.01. The van der Waals surface area contributed by atoms with Gasteiger partial charge in [0, 0.05) is 21.7 Å². The van der Waals surface area contributed by atoms with E-state index >= 15 is 0 Å². The van der Waals surface area contributed by atoms with Gasteiger partial charge in [0.2, 0.25) is 0 Å². The minimum absolute atomic E-state index is 0.297. The molecule has 0 aliphatic carbocycles. The highest BCUT2D eigenvalue weighted by atomic mass is 32.1. The van der Waals surface area contributed by atoms with Crippen LogP contribution in [-0.2, 0) is 18.4 Å². The summed E-state index contributed by atoms with van der Waals surface area (Å²) in [6.45, 7) is 8.61. The predicted octanol–water partition coefficient (Wildman–Crippen LogP) is 4.34. The second-order valence-electron chi connectivity index (χ2n) is 5.61. The fraction of sp³-hybridized carbons (Fsp3) is 0.412. The van der Waals surface area contributed by atoms with Gasteiger partial charge in [0.1, 0.15) is 0 Å². The first-order valence-corrected chi connectivity index (χ1v) is 7.68. The van der Waals surface area contributed by atoms with Crippen molar-refractivity contribution in [1.82, 2.24) is 0 Å². The number of thiophene rings is 1. The van der Waals surface area contributed by atoms with Crippen molar-refractivity contribution in [3.05, 3.63) is 56.8 Å². The van der Waals surface area contributed by atoms with Crippen LogP contribution in [-0.4, -0.2) is 0 Å². The molecule has 1 unspecified atom stereocenters. The Bertz CT molecular complexity index is 566. The third kappa shape index (κ3) is 3.26. The summed E-state index contributed by atoms with van der Waals surface area (Å²) < 4.78 is 0. The second kappa shape index (κ2) is 5.48. The molecule has 0 radical (unpaired) electrons. The highest BCUT2D eigenvalue weighted by Gasteiger charge is 2.22. The standard InChI is InChI=1S/C17H23NS/c1-5-15-8-9-16(19-15)11-17(4,18)14-7-6-12(2)13(3)10-14/h6-10H,5,11,18H2,1-4H3. The highest BCUT2D eigenvalue weighted by molar-refractivity contribution is 7.12. The molecule has 1 aromatic carbocycles. The summed E-state index contributed by atoms with van der Waals surface area (Å²) in [5.41, 5.74) is 10.1. The Balaban J connectivity index is 2.23. The predicted molar refractivity (Wildman–Crippen MR) is 84.9 cm³/mol. The van der Waals surface area contributed by atoms with Crippen LogP contribution in [0.4, 0.5) is 0 Å². The zero-order valence-corrected chi connectivity index (χ0v) is 13.1. The zero-order valence-electron chi connectivity index (χ0n) is 12.3. The van der Waals surface area contributed by atoms with Gasteiger partial charge < -0.3 is 5.73 Å². The van der Waals surface area contributed by atoms with Gasteiger partial charge in [-0.15, -0.1) is 11.3 Å². The third-order valence-corrected chi connectivity index (χ3v) is 5.00. The van der Waals surface area contributed by atoms with E-state index in [9.17, 15) is 0 Å². The van der Waals surface area contributed by atoms with Gasteiger partial charge in [-0.3, -0.25) is 0 Å². The van der Waals surface area contributed by atoms with Crippen LogP contribution in [0.5, 0.6) is 0 Å². The highest BCUT2D eigenvalue weighted by Crippen LogP contribution is 2.28. The van der Waals surface area contributed by atoms with E-state index in [1.807, 2.05) is 11.3 Å². The van der Waals surface area contributed by atoms with Crippen molar-refractivity contribution in [1.29, 1.82) is 0 Å². The summed E-state index contributed by atoms with van der Waals surface area (Å²) in [7, 11) is 0. The second-order valence-corrected chi connectivity index (χ2v) is 6.87. The molecule has 0 amide bonds. The molecule has 2 heteroatoms. The molecule has 102 valence electrons. The number of hydrogen-bond acceptors (Lipinski definition) is 2. The van der Waals surface area contributed by atoms with Crippen molar-refractivity contribution in [2.45, 2.75) is 46.1 Å². The summed E-state index contributed by atoms with van der Waals surface area (Å²) in [6, 6.07) is 11.0. The van der Waals surface area contributed by atoms with Crippen LogP contribution in [0, 0.1) is 13.8 Å². The van der Waals surface area contributed by atoms with E-state index in [1.165, 1.54) is 26.4 Å². The number of nitrogens with two attached hydrogens (primary N) is 1. The van der Waals surface area contributed by atoms with Gasteiger partial charge in [0.25, 0.3) is 0 Å². The smallest absolute Gasteiger partial charge is 0.0429 e. The van der Waals surface area contributed by atoms with E-state index < -0.39 is 0 Å². The molecule has 0 bridgehead atoms. The fourth-order valence-electron chi connectivity index (χ4n) is 2.27. The van der Waals surface area contributed by atoms with Crippen molar-refractivity contribution in [2.24, 2.45) is 5.73 Å². The number of rotatable bonds is 4. The summed E-state index contributed by atoms with van der Waals surface area (Å²) in [5.74, 6) is 0. The van der Waals surface area contributed by atoms with Gasteiger partial charge in [-0.2, -0.15) is 0 Å². The molecular formula is C17H23NS. The lowest BCUT2D eigenvalue weighted by Gasteiger charge is -2.25. The molecule has 0 saturated heterocycles. The van der Waals surface area contributed by atoms with Gasteiger partial charge in [-0.25, -0.2) is 0 Å². The normalized spacial score (nSPS) is 14.4. The van der Waals surface area contributed by atoms with E-state index in [0.29, 0.717) is 0 Å². The van der Waals surface area contributed by atoms with E-state index in [2.05, 4.69) is 58.0 Å². The minimum Gasteiger partial charge on any atom is -0.321 e. The molecular weight excluding hydrogens is 250 g/mol. The monoisotopic (exact) mass is 273 g/mol. The third-order valence-electron chi connectivity index (χ3n) is 3.77. The molecule has 0 aliphatic rings. The minimum atomic E-state index is -0.297. The lowest BCUT2D eigenvalue weighted by atomic mass is 9.87. The molecule has 1 atom stereocenters. The molecule has 2 aromatic rings. The summed E-state index contributed by atoms with van der Waals surface area (Å²) in [5, 5.41) is 0. The van der Waals surface area contributed by atoms with Crippen molar-refractivity contribution >= 4 is 11.3 Å². The maximum Gasteiger partial charge on any atom is 0.0429 e. The van der Waals surface area contributed by atoms with Crippen LogP contribution in [0.3, 0.4) is 0 Å². The van der Waals surface area contributed by atoms with E-state index in [0.717, 1.165) is 12.8 Å². The average Bonchev–Trinajstić information content (AvgIpc) is 2.79. The van der Waals surface area contributed by atoms with Crippen LogP contribution in [0.15, 0.2) is 30.3 Å². The summed E-state index contributed by atoms with van der Waals surface area (Å²) >= 11 is 1.88. The summed E-state index contributed by atoms with van der Waals surface area (Å²) in [4.78, 5) is 2.81. The Kier molecular flexibility index (Phi) is 4.12. The number of hydrogen-bond donors (Lipinski definition) is 1. The largest absolute Gasteiger partial charge is 0.321 e. The lowest BCUT2D eigenvalue weighted by molar-refractivity contribution is 0.495. The van der Waals surface area contributed by atoms with Gasteiger partial charge in [0.05, 0.1) is 0 Å². The molecule has 0 fully saturated rings. The topological polar surface area (TPSA) is 26.0 Å². The molecule has 1 heterocycles. The molecule has 0 saturated carbocycles. The van der Waals surface area contributed by atoms with Gasteiger partial charge in [0.15, 0.2) is 0 Å². The van der Waals surface area contributed by atoms with Crippen LogP contribution in [0.1, 0.15) is 40.3 Å². The Morgan fingerprint density at radius 3 is 2.32 bits per heavy atom. The average molecular weight is 273 g/mol. The quantitative estimate of drug-likeness (QED) is 0.881. The molecule has 2 rings (SSSR count). The molecule has 2 N–H and O–H groups in total. The van der Waals surface area contributed by atoms with Crippen molar-refractivity contribution in [3.8, 4) is 0 Å². The van der Waals surface area contributed by atoms with E-state index in [4.69, 9.17) is 5.73 Å². The molecule has 0 spiro atoms. The first-order valence-electron chi connectivity index (χ1n) is 6.86. The van der Waals surface area contributed by atoms with Crippen LogP contribution >= 0.6 is 11.3 Å². The van der Waals surface area contributed by atoms with Crippen molar-refractivity contribution < 1.29 is 0 Å². The van der Waals surface area contributed by atoms with Gasteiger partial charge in [-0.05, 0) is 56.0 Å². The number of benzene rings is 1. The van der Waals surface area contributed by atoms with E-state index in [1.54, 1.807) is 0 Å². The first-order chi connectivity index (χ1) is 8.92. The Labute approximate surface area is 120 Å². The lowest BCUT2D eigenvalue weighted by Crippen LogP contribution is -2.35. The molecule has 0 aliphatic heterocycles. The van der Waals surface area contributed by atoms with Crippen molar-refractivity contribution in [3.63, 3.8) is 0 Å². The first kappa shape index (κ1) is 14.3. The maximum atomic E-state index is 6.55. The molecule has 19 heavy (non-hydrogen) atoms.